The molecule has 0 aromatic heterocycles. The van der Waals surface area contributed by atoms with Gasteiger partial charge in [-0.1, -0.05) is 37.3 Å². The third-order valence-electron chi connectivity index (χ3n) is 3.22. The molecule has 1 aromatic carbocycles. The molecular formula is C15H22N2. The Balaban J connectivity index is 2.67. The van der Waals surface area contributed by atoms with E-state index in [0.29, 0.717) is 6.54 Å². The van der Waals surface area contributed by atoms with Gasteiger partial charge in [0.2, 0.25) is 0 Å². The summed E-state index contributed by atoms with van der Waals surface area (Å²) in [5, 5.41) is 3.51. The summed E-state index contributed by atoms with van der Waals surface area (Å²) in [4.78, 5) is 0. The maximum absolute atomic E-state index is 5.93. The fraction of sp³-hybridized carbons (Fsp3) is 0.467. The zero-order chi connectivity index (χ0) is 12.6. The van der Waals surface area contributed by atoms with E-state index in [4.69, 9.17) is 12.2 Å². The van der Waals surface area contributed by atoms with Crippen molar-refractivity contribution in [3.8, 4) is 12.3 Å². The van der Waals surface area contributed by atoms with Crippen molar-refractivity contribution in [2.45, 2.75) is 31.7 Å². The highest BCUT2D eigenvalue weighted by molar-refractivity contribution is 5.18. The Morgan fingerprint density at radius 1 is 1.35 bits per heavy atom. The molecule has 92 valence electrons. The largest absolute Gasteiger partial charge is 0.329 e. The van der Waals surface area contributed by atoms with Gasteiger partial charge in [-0.3, -0.25) is 0 Å². The standard InChI is InChI=1S/C15H22N2/c1-3-5-11-17-15(4-2,13-16)12-14-9-7-6-8-10-14/h1,6-10,17H,4-5,11-13,16H2,2H3. The van der Waals surface area contributed by atoms with Crippen molar-refractivity contribution in [2.24, 2.45) is 5.73 Å². The highest BCUT2D eigenvalue weighted by Crippen LogP contribution is 2.16. The van der Waals surface area contributed by atoms with E-state index in [2.05, 4.69) is 42.4 Å². The van der Waals surface area contributed by atoms with Gasteiger partial charge in [0.1, 0.15) is 0 Å². The first kappa shape index (κ1) is 13.8. The second-order valence-electron chi connectivity index (χ2n) is 4.38. The molecule has 0 spiro atoms. The molecule has 1 rings (SSSR count). The Hall–Kier alpha value is -1.30. The van der Waals surface area contributed by atoms with Crippen LogP contribution in [0.5, 0.6) is 0 Å². The maximum atomic E-state index is 5.93. The third-order valence-corrected chi connectivity index (χ3v) is 3.22. The Kier molecular flexibility index (Phi) is 5.76. The van der Waals surface area contributed by atoms with E-state index in [1.54, 1.807) is 0 Å². The summed E-state index contributed by atoms with van der Waals surface area (Å²) >= 11 is 0. The fourth-order valence-corrected chi connectivity index (χ4v) is 1.99. The molecule has 0 aliphatic heterocycles. The zero-order valence-corrected chi connectivity index (χ0v) is 10.6. The lowest BCUT2D eigenvalue weighted by atomic mass is 9.88. The molecule has 0 heterocycles. The molecule has 1 unspecified atom stereocenters. The predicted octanol–water partition coefficient (Wildman–Crippen LogP) is 1.95. The molecule has 0 bridgehead atoms. The van der Waals surface area contributed by atoms with Crippen molar-refractivity contribution in [3.05, 3.63) is 35.9 Å². The van der Waals surface area contributed by atoms with Crippen LogP contribution in [-0.2, 0) is 6.42 Å². The van der Waals surface area contributed by atoms with Gasteiger partial charge in [-0.2, -0.15) is 0 Å². The van der Waals surface area contributed by atoms with Crippen LogP contribution in [0.4, 0.5) is 0 Å². The number of rotatable bonds is 7. The first-order valence-electron chi connectivity index (χ1n) is 6.19. The van der Waals surface area contributed by atoms with Gasteiger partial charge in [0.05, 0.1) is 0 Å². The van der Waals surface area contributed by atoms with E-state index in [1.165, 1.54) is 5.56 Å². The molecule has 0 amide bonds. The molecule has 0 saturated heterocycles. The summed E-state index contributed by atoms with van der Waals surface area (Å²) in [5.41, 5.74) is 7.22. The molecule has 0 aliphatic rings. The fourth-order valence-electron chi connectivity index (χ4n) is 1.99. The minimum absolute atomic E-state index is 0.0296. The highest BCUT2D eigenvalue weighted by atomic mass is 15.0. The molecule has 1 atom stereocenters. The number of hydrogen-bond acceptors (Lipinski definition) is 2. The van der Waals surface area contributed by atoms with Gasteiger partial charge >= 0.3 is 0 Å². The Labute approximate surface area is 105 Å². The predicted molar refractivity (Wildman–Crippen MR) is 73.7 cm³/mol. The van der Waals surface area contributed by atoms with E-state index < -0.39 is 0 Å². The Bertz CT molecular complexity index is 347. The molecule has 2 heteroatoms. The molecule has 17 heavy (non-hydrogen) atoms. The Morgan fingerprint density at radius 3 is 2.59 bits per heavy atom. The van der Waals surface area contributed by atoms with Crippen LogP contribution in [0.25, 0.3) is 0 Å². The number of benzene rings is 1. The minimum atomic E-state index is -0.0296. The zero-order valence-electron chi connectivity index (χ0n) is 10.6. The molecule has 3 N–H and O–H groups in total. The van der Waals surface area contributed by atoms with E-state index >= 15 is 0 Å². The summed E-state index contributed by atoms with van der Waals surface area (Å²) in [6, 6.07) is 10.4. The lowest BCUT2D eigenvalue weighted by Gasteiger charge is -2.33. The second kappa shape index (κ2) is 7.11. The summed E-state index contributed by atoms with van der Waals surface area (Å²) in [7, 11) is 0. The van der Waals surface area contributed by atoms with Crippen LogP contribution < -0.4 is 11.1 Å². The van der Waals surface area contributed by atoms with Gasteiger partial charge < -0.3 is 11.1 Å². The van der Waals surface area contributed by atoms with Crippen molar-refractivity contribution in [1.82, 2.24) is 5.32 Å². The smallest absolute Gasteiger partial charge is 0.0342 e. The number of hydrogen-bond donors (Lipinski definition) is 2. The molecule has 2 nitrogen and oxygen atoms in total. The van der Waals surface area contributed by atoms with Gasteiger partial charge in [0.25, 0.3) is 0 Å². The van der Waals surface area contributed by atoms with E-state index in [9.17, 15) is 0 Å². The lowest BCUT2D eigenvalue weighted by molar-refractivity contribution is 0.322. The molecule has 1 aromatic rings. The average Bonchev–Trinajstić information content (AvgIpc) is 2.39. The van der Waals surface area contributed by atoms with Gasteiger partial charge in [-0.25, -0.2) is 0 Å². The van der Waals surface area contributed by atoms with Crippen LogP contribution in [-0.4, -0.2) is 18.6 Å². The topological polar surface area (TPSA) is 38.0 Å². The van der Waals surface area contributed by atoms with Crippen LogP contribution in [0.2, 0.25) is 0 Å². The summed E-state index contributed by atoms with van der Waals surface area (Å²) in [6.07, 6.45) is 7.97. The van der Waals surface area contributed by atoms with Crippen LogP contribution in [0.3, 0.4) is 0 Å². The van der Waals surface area contributed by atoms with Crippen molar-refractivity contribution in [1.29, 1.82) is 0 Å². The van der Waals surface area contributed by atoms with Crippen LogP contribution >= 0.6 is 0 Å². The normalized spacial score (nSPS) is 13.9. The summed E-state index contributed by atoms with van der Waals surface area (Å²) in [6.45, 7) is 3.62. The second-order valence-corrected chi connectivity index (χ2v) is 4.38. The van der Waals surface area contributed by atoms with Crippen molar-refractivity contribution in [2.75, 3.05) is 13.1 Å². The highest BCUT2D eigenvalue weighted by Gasteiger charge is 2.25. The quantitative estimate of drug-likeness (QED) is 0.555. The van der Waals surface area contributed by atoms with E-state index in [0.717, 1.165) is 25.8 Å². The van der Waals surface area contributed by atoms with Gasteiger partial charge in [-0.15, -0.1) is 12.3 Å². The van der Waals surface area contributed by atoms with Gasteiger partial charge in [0.15, 0.2) is 0 Å². The first-order chi connectivity index (χ1) is 8.26. The van der Waals surface area contributed by atoms with Gasteiger partial charge in [-0.05, 0) is 18.4 Å². The van der Waals surface area contributed by atoms with Crippen LogP contribution in [0.1, 0.15) is 25.3 Å². The van der Waals surface area contributed by atoms with Crippen molar-refractivity contribution >= 4 is 0 Å². The molecule has 0 radical (unpaired) electrons. The van der Waals surface area contributed by atoms with E-state index in [-0.39, 0.29) is 5.54 Å². The van der Waals surface area contributed by atoms with Crippen molar-refractivity contribution < 1.29 is 0 Å². The molecule has 0 fully saturated rings. The number of nitrogens with one attached hydrogen (secondary N) is 1. The SMILES string of the molecule is C#CCCNC(CC)(CN)Cc1ccccc1. The first-order valence-corrected chi connectivity index (χ1v) is 6.19. The lowest BCUT2D eigenvalue weighted by Crippen LogP contribution is -2.52. The monoisotopic (exact) mass is 230 g/mol. The molecular weight excluding hydrogens is 208 g/mol. The summed E-state index contributed by atoms with van der Waals surface area (Å²) < 4.78 is 0. The van der Waals surface area contributed by atoms with Crippen LogP contribution in [0, 0.1) is 12.3 Å². The average molecular weight is 230 g/mol. The van der Waals surface area contributed by atoms with E-state index in [1.807, 2.05) is 6.07 Å². The van der Waals surface area contributed by atoms with Gasteiger partial charge in [0, 0.05) is 25.0 Å². The Morgan fingerprint density at radius 2 is 2.06 bits per heavy atom. The third kappa shape index (κ3) is 4.22. The molecule has 0 saturated carbocycles. The summed E-state index contributed by atoms with van der Waals surface area (Å²) in [5.74, 6) is 2.65. The van der Waals surface area contributed by atoms with Crippen molar-refractivity contribution in [3.63, 3.8) is 0 Å². The molecule has 0 aliphatic carbocycles. The number of nitrogens with two attached hydrogens (primary N) is 1. The number of terminal acetylenes is 1. The van der Waals surface area contributed by atoms with Crippen LogP contribution in [0.15, 0.2) is 30.3 Å². The maximum Gasteiger partial charge on any atom is 0.0342 e. The minimum Gasteiger partial charge on any atom is -0.329 e.